The lowest BCUT2D eigenvalue weighted by atomic mass is 9.92. The SMILES string of the molecule is Cc1ccc(S(=O)(=O)Nc2cccc3c2C(=O)C(O)=CC3=O)cc1. The number of ketones is 2. The molecule has 2 aromatic rings. The van der Waals surface area contributed by atoms with Crippen molar-refractivity contribution < 1.29 is 23.1 Å². The molecule has 7 heteroatoms. The normalized spacial score (nSPS) is 14.1. The summed E-state index contributed by atoms with van der Waals surface area (Å²) in [6.07, 6.45) is 0.822. The van der Waals surface area contributed by atoms with Crippen LogP contribution in [0.5, 0.6) is 0 Å². The molecule has 24 heavy (non-hydrogen) atoms. The Morgan fingerprint density at radius 1 is 1.00 bits per heavy atom. The number of aliphatic hydroxyl groups excluding tert-OH is 1. The molecule has 0 saturated carbocycles. The van der Waals surface area contributed by atoms with Gasteiger partial charge in [0.05, 0.1) is 16.1 Å². The Morgan fingerprint density at radius 3 is 2.33 bits per heavy atom. The standard InChI is InChI=1S/C17H13NO5S/c1-10-5-7-11(8-6-10)24(22,23)18-13-4-2-3-12-14(19)9-15(20)17(21)16(12)13/h2-9,18,20H,1H3. The number of aliphatic hydroxyl groups is 1. The molecule has 0 bridgehead atoms. The number of anilines is 1. The van der Waals surface area contributed by atoms with Crippen molar-refractivity contribution in [3.63, 3.8) is 0 Å². The van der Waals surface area contributed by atoms with E-state index in [-0.39, 0.29) is 21.7 Å². The summed E-state index contributed by atoms with van der Waals surface area (Å²) in [5, 5.41) is 9.58. The van der Waals surface area contributed by atoms with Crippen molar-refractivity contribution in [2.75, 3.05) is 4.72 Å². The maximum Gasteiger partial charge on any atom is 0.261 e. The van der Waals surface area contributed by atoms with Gasteiger partial charge in [0.1, 0.15) is 0 Å². The number of hydrogen-bond acceptors (Lipinski definition) is 5. The molecule has 0 unspecified atom stereocenters. The lowest BCUT2D eigenvalue weighted by Gasteiger charge is -2.17. The van der Waals surface area contributed by atoms with Gasteiger partial charge in [0.25, 0.3) is 10.0 Å². The van der Waals surface area contributed by atoms with Crippen LogP contribution in [0.2, 0.25) is 0 Å². The number of benzene rings is 2. The van der Waals surface area contributed by atoms with Gasteiger partial charge in [-0.15, -0.1) is 0 Å². The number of sulfonamides is 1. The van der Waals surface area contributed by atoms with E-state index < -0.39 is 27.3 Å². The van der Waals surface area contributed by atoms with Crippen molar-refractivity contribution in [2.45, 2.75) is 11.8 Å². The van der Waals surface area contributed by atoms with Gasteiger partial charge in [0.15, 0.2) is 11.5 Å². The Morgan fingerprint density at radius 2 is 1.67 bits per heavy atom. The number of fused-ring (bicyclic) bond motifs is 1. The molecule has 1 aliphatic rings. The number of carbonyl (C=O) groups is 2. The first-order valence-corrected chi connectivity index (χ1v) is 8.50. The first kappa shape index (κ1) is 15.9. The predicted molar refractivity (Wildman–Crippen MR) is 87.8 cm³/mol. The number of carbonyl (C=O) groups excluding carboxylic acids is 2. The van der Waals surface area contributed by atoms with Gasteiger partial charge in [-0.2, -0.15) is 0 Å². The summed E-state index contributed by atoms with van der Waals surface area (Å²) in [7, 11) is -3.94. The minimum atomic E-state index is -3.94. The molecule has 0 aliphatic heterocycles. The summed E-state index contributed by atoms with van der Waals surface area (Å²) in [4.78, 5) is 24.1. The van der Waals surface area contributed by atoms with Crippen LogP contribution in [-0.4, -0.2) is 25.1 Å². The molecule has 0 atom stereocenters. The van der Waals surface area contributed by atoms with Gasteiger partial charge >= 0.3 is 0 Å². The molecular weight excluding hydrogens is 330 g/mol. The second-order valence-electron chi connectivity index (χ2n) is 5.37. The van der Waals surface area contributed by atoms with Crippen LogP contribution in [0.15, 0.2) is 59.2 Å². The third-order valence-electron chi connectivity index (χ3n) is 3.63. The summed E-state index contributed by atoms with van der Waals surface area (Å²) in [5.74, 6) is -2.07. The molecule has 122 valence electrons. The van der Waals surface area contributed by atoms with Crippen LogP contribution < -0.4 is 4.72 Å². The predicted octanol–water partition coefficient (Wildman–Crippen LogP) is 2.62. The fraction of sp³-hybridized carbons (Fsp3) is 0.0588. The zero-order chi connectivity index (χ0) is 17.5. The van der Waals surface area contributed by atoms with Gasteiger partial charge in [-0.25, -0.2) is 8.42 Å². The Kier molecular flexibility index (Phi) is 3.73. The molecule has 3 rings (SSSR count). The van der Waals surface area contributed by atoms with E-state index in [2.05, 4.69) is 4.72 Å². The van der Waals surface area contributed by atoms with E-state index in [1.807, 2.05) is 6.92 Å². The van der Waals surface area contributed by atoms with Gasteiger partial charge in [0, 0.05) is 11.6 Å². The fourth-order valence-corrected chi connectivity index (χ4v) is 3.48. The molecule has 0 spiro atoms. The van der Waals surface area contributed by atoms with Crippen molar-refractivity contribution in [2.24, 2.45) is 0 Å². The fourth-order valence-electron chi connectivity index (χ4n) is 2.40. The van der Waals surface area contributed by atoms with Crippen LogP contribution in [0.1, 0.15) is 26.3 Å². The van der Waals surface area contributed by atoms with Gasteiger partial charge < -0.3 is 5.11 Å². The molecule has 0 aromatic heterocycles. The molecule has 0 heterocycles. The summed E-state index contributed by atoms with van der Waals surface area (Å²) < 4.78 is 27.3. The number of Topliss-reactive ketones (excluding diaryl/α,β-unsaturated/α-hetero) is 1. The molecule has 0 radical (unpaired) electrons. The van der Waals surface area contributed by atoms with Crippen molar-refractivity contribution in [3.05, 3.63) is 71.0 Å². The highest BCUT2D eigenvalue weighted by Crippen LogP contribution is 2.29. The Labute approximate surface area is 138 Å². The van der Waals surface area contributed by atoms with Gasteiger partial charge in [-0.3, -0.25) is 14.3 Å². The van der Waals surface area contributed by atoms with E-state index in [0.717, 1.165) is 11.6 Å². The molecule has 1 aliphatic carbocycles. The number of aryl methyl sites for hydroxylation is 1. The summed E-state index contributed by atoms with van der Waals surface area (Å²) in [5.41, 5.74) is 0.744. The lowest BCUT2D eigenvalue weighted by Crippen LogP contribution is -2.21. The van der Waals surface area contributed by atoms with Gasteiger partial charge in [-0.1, -0.05) is 29.8 Å². The summed E-state index contributed by atoms with van der Waals surface area (Å²) in [6, 6.07) is 10.4. The molecule has 0 saturated heterocycles. The van der Waals surface area contributed by atoms with Gasteiger partial charge in [0.2, 0.25) is 5.78 Å². The Hall–Kier alpha value is -2.93. The molecule has 6 nitrogen and oxygen atoms in total. The monoisotopic (exact) mass is 343 g/mol. The molecule has 0 fully saturated rings. The van der Waals surface area contributed by atoms with E-state index in [1.165, 1.54) is 30.3 Å². The van der Waals surface area contributed by atoms with Gasteiger partial charge in [-0.05, 0) is 25.1 Å². The van der Waals surface area contributed by atoms with E-state index in [0.29, 0.717) is 0 Å². The Balaban J connectivity index is 2.07. The van der Waals surface area contributed by atoms with Crippen LogP contribution >= 0.6 is 0 Å². The van der Waals surface area contributed by atoms with Crippen LogP contribution in [0.3, 0.4) is 0 Å². The zero-order valence-corrected chi connectivity index (χ0v) is 13.4. The first-order chi connectivity index (χ1) is 11.3. The average molecular weight is 343 g/mol. The smallest absolute Gasteiger partial charge is 0.261 e. The van der Waals surface area contributed by atoms with Crippen molar-refractivity contribution >= 4 is 27.3 Å². The number of nitrogens with one attached hydrogen (secondary N) is 1. The largest absolute Gasteiger partial charge is 0.504 e. The van der Waals surface area contributed by atoms with Crippen molar-refractivity contribution in [3.8, 4) is 0 Å². The van der Waals surface area contributed by atoms with Crippen LogP contribution in [0.25, 0.3) is 0 Å². The van der Waals surface area contributed by atoms with Crippen LogP contribution in [0, 0.1) is 6.92 Å². The minimum absolute atomic E-state index is 0.0278. The van der Waals surface area contributed by atoms with Crippen LogP contribution in [0.4, 0.5) is 5.69 Å². The number of allylic oxidation sites excluding steroid dienone is 2. The second-order valence-corrected chi connectivity index (χ2v) is 7.05. The Bertz CT molecular complexity index is 988. The van der Waals surface area contributed by atoms with E-state index >= 15 is 0 Å². The lowest BCUT2D eigenvalue weighted by molar-refractivity contribution is 0.0940. The third-order valence-corrected chi connectivity index (χ3v) is 5.01. The maximum atomic E-state index is 12.5. The summed E-state index contributed by atoms with van der Waals surface area (Å²) >= 11 is 0. The third kappa shape index (κ3) is 2.69. The minimum Gasteiger partial charge on any atom is -0.504 e. The van der Waals surface area contributed by atoms with Crippen LogP contribution in [-0.2, 0) is 10.0 Å². The molecule has 2 N–H and O–H groups in total. The summed E-state index contributed by atoms with van der Waals surface area (Å²) in [6.45, 7) is 1.83. The van der Waals surface area contributed by atoms with Crippen molar-refractivity contribution in [1.29, 1.82) is 0 Å². The highest BCUT2D eigenvalue weighted by Gasteiger charge is 2.29. The highest BCUT2D eigenvalue weighted by atomic mass is 32.2. The van der Waals surface area contributed by atoms with E-state index in [9.17, 15) is 23.1 Å². The van der Waals surface area contributed by atoms with E-state index in [1.54, 1.807) is 12.1 Å². The molecule has 0 amide bonds. The quantitative estimate of drug-likeness (QED) is 0.892. The molecule has 2 aromatic carbocycles. The number of rotatable bonds is 3. The molecular formula is C17H13NO5S. The second kappa shape index (κ2) is 5.61. The highest BCUT2D eigenvalue weighted by molar-refractivity contribution is 7.92. The zero-order valence-electron chi connectivity index (χ0n) is 12.6. The van der Waals surface area contributed by atoms with E-state index in [4.69, 9.17) is 0 Å². The van der Waals surface area contributed by atoms with Crippen molar-refractivity contribution in [1.82, 2.24) is 0 Å². The maximum absolute atomic E-state index is 12.5. The topological polar surface area (TPSA) is 101 Å². The average Bonchev–Trinajstić information content (AvgIpc) is 2.53. The first-order valence-electron chi connectivity index (χ1n) is 7.02. The number of hydrogen-bond donors (Lipinski definition) is 2.